The number of hydrogen-bond donors (Lipinski definition) is 0. The van der Waals surface area contributed by atoms with E-state index >= 15 is 0 Å². The summed E-state index contributed by atoms with van der Waals surface area (Å²) in [5.74, 6) is -1.68. The molecule has 0 aromatic heterocycles. The Morgan fingerprint density at radius 1 is 1.21 bits per heavy atom. The lowest BCUT2D eigenvalue weighted by Crippen LogP contribution is -2.45. The standard InChI is InChI=1S/C11H12F6O2/c1-9(2)5-6(9)3-4-7(18)19-8(10(12,13)14)11(15,16)17/h3-4,6,8H,5H2,1-2H3. The highest BCUT2D eigenvalue weighted by Gasteiger charge is 2.59. The smallest absolute Gasteiger partial charge is 0.434 e. The number of allylic oxidation sites excluding steroid dienone is 1. The molecule has 1 saturated carbocycles. The summed E-state index contributed by atoms with van der Waals surface area (Å²) in [5.41, 5.74) is -0.0791. The third-order valence-electron chi connectivity index (χ3n) is 2.88. The van der Waals surface area contributed by atoms with Gasteiger partial charge in [-0.2, -0.15) is 26.3 Å². The van der Waals surface area contributed by atoms with Gasteiger partial charge < -0.3 is 4.74 Å². The van der Waals surface area contributed by atoms with E-state index in [0.717, 1.165) is 6.42 Å². The highest BCUT2D eigenvalue weighted by Crippen LogP contribution is 2.52. The number of esters is 1. The molecule has 0 amide bonds. The molecule has 0 N–H and O–H groups in total. The minimum Gasteiger partial charge on any atom is -0.440 e. The second-order valence-electron chi connectivity index (χ2n) is 5.06. The van der Waals surface area contributed by atoms with E-state index in [-0.39, 0.29) is 11.3 Å². The lowest BCUT2D eigenvalue weighted by molar-refractivity contribution is -0.312. The fourth-order valence-electron chi connectivity index (χ4n) is 1.51. The Balaban J connectivity index is 2.63. The number of hydrogen-bond acceptors (Lipinski definition) is 2. The number of carbonyl (C=O) groups excluding carboxylic acids is 1. The van der Waals surface area contributed by atoms with Gasteiger partial charge >= 0.3 is 18.3 Å². The Bertz CT molecular complexity index is 366. The fourth-order valence-corrected chi connectivity index (χ4v) is 1.51. The van der Waals surface area contributed by atoms with Crippen LogP contribution in [0.4, 0.5) is 26.3 Å². The number of carbonyl (C=O) groups is 1. The largest absolute Gasteiger partial charge is 0.440 e. The third kappa shape index (κ3) is 4.43. The number of ether oxygens (including phenoxy) is 1. The molecule has 0 radical (unpaired) electrons. The van der Waals surface area contributed by atoms with Gasteiger partial charge in [0, 0.05) is 6.08 Å². The highest BCUT2D eigenvalue weighted by atomic mass is 19.4. The van der Waals surface area contributed by atoms with Gasteiger partial charge in [-0.3, -0.25) is 0 Å². The van der Waals surface area contributed by atoms with Gasteiger partial charge in [0.1, 0.15) is 0 Å². The van der Waals surface area contributed by atoms with Crippen molar-refractivity contribution in [3.63, 3.8) is 0 Å². The van der Waals surface area contributed by atoms with Gasteiger partial charge in [-0.25, -0.2) is 4.79 Å². The normalized spacial score (nSPS) is 22.9. The Hall–Kier alpha value is -1.21. The zero-order valence-corrected chi connectivity index (χ0v) is 10.1. The summed E-state index contributed by atoms with van der Waals surface area (Å²) in [6.45, 7) is 3.73. The summed E-state index contributed by atoms with van der Waals surface area (Å²) in [6.07, 6.45) is -12.8. The van der Waals surface area contributed by atoms with Crippen LogP contribution in [-0.4, -0.2) is 24.4 Å². The molecule has 1 atom stereocenters. The van der Waals surface area contributed by atoms with Crippen LogP contribution in [0.1, 0.15) is 20.3 Å². The second kappa shape index (κ2) is 4.72. The maximum atomic E-state index is 12.1. The minimum absolute atomic E-state index is 0.0322. The Morgan fingerprint density at radius 2 is 1.63 bits per heavy atom. The molecule has 0 aliphatic heterocycles. The van der Waals surface area contributed by atoms with Crippen LogP contribution in [0.2, 0.25) is 0 Å². The zero-order valence-electron chi connectivity index (χ0n) is 10.1. The molecule has 1 rings (SSSR count). The van der Waals surface area contributed by atoms with Gasteiger partial charge in [0.05, 0.1) is 0 Å². The van der Waals surface area contributed by atoms with Crippen LogP contribution in [0.15, 0.2) is 12.2 Å². The quantitative estimate of drug-likeness (QED) is 0.451. The minimum atomic E-state index is -5.68. The molecule has 19 heavy (non-hydrogen) atoms. The van der Waals surface area contributed by atoms with E-state index in [1.807, 2.05) is 13.8 Å². The number of halogens is 6. The second-order valence-corrected chi connectivity index (χ2v) is 5.06. The van der Waals surface area contributed by atoms with Crippen LogP contribution in [0.3, 0.4) is 0 Å². The summed E-state index contributed by atoms with van der Waals surface area (Å²) in [5, 5.41) is 0. The molecule has 0 spiro atoms. The van der Waals surface area contributed by atoms with Gasteiger partial charge in [-0.1, -0.05) is 19.9 Å². The average Bonchev–Trinajstić information content (AvgIpc) is 2.76. The molecular formula is C11H12F6O2. The molecule has 1 aliphatic rings. The van der Waals surface area contributed by atoms with Crippen molar-refractivity contribution in [1.29, 1.82) is 0 Å². The van der Waals surface area contributed by atoms with Gasteiger partial charge in [0.2, 0.25) is 0 Å². The summed E-state index contributed by atoms with van der Waals surface area (Å²) in [7, 11) is 0. The molecule has 0 aromatic rings. The number of alkyl halides is 6. The first-order valence-corrected chi connectivity index (χ1v) is 5.36. The van der Waals surface area contributed by atoms with Gasteiger partial charge in [0.25, 0.3) is 6.10 Å². The van der Waals surface area contributed by atoms with Crippen LogP contribution >= 0.6 is 0 Å². The molecular weight excluding hydrogens is 278 g/mol. The topological polar surface area (TPSA) is 26.3 Å². The monoisotopic (exact) mass is 290 g/mol. The molecule has 2 nitrogen and oxygen atoms in total. The Kier molecular flexibility index (Phi) is 3.93. The van der Waals surface area contributed by atoms with E-state index in [0.29, 0.717) is 6.08 Å². The molecule has 1 unspecified atom stereocenters. The van der Waals surface area contributed by atoms with Crippen LogP contribution in [-0.2, 0) is 9.53 Å². The van der Waals surface area contributed by atoms with E-state index in [1.54, 1.807) is 0 Å². The van der Waals surface area contributed by atoms with Crippen molar-refractivity contribution in [3.05, 3.63) is 12.2 Å². The first kappa shape index (κ1) is 15.8. The first-order chi connectivity index (χ1) is 8.34. The molecule has 0 aromatic carbocycles. The van der Waals surface area contributed by atoms with Crippen LogP contribution < -0.4 is 0 Å². The number of rotatable bonds is 3. The third-order valence-corrected chi connectivity index (χ3v) is 2.88. The lowest BCUT2D eigenvalue weighted by Gasteiger charge is -2.22. The summed E-state index contributed by atoms with van der Waals surface area (Å²) >= 11 is 0. The van der Waals surface area contributed by atoms with Crippen molar-refractivity contribution < 1.29 is 35.9 Å². The molecule has 0 bridgehead atoms. The van der Waals surface area contributed by atoms with Gasteiger partial charge in [-0.15, -0.1) is 0 Å². The fraction of sp³-hybridized carbons (Fsp3) is 0.727. The highest BCUT2D eigenvalue weighted by molar-refractivity contribution is 5.82. The summed E-state index contributed by atoms with van der Waals surface area (Å²) in [4.78, 5) is 11.0. The van der Waals surface area contributed by atoms with Crippen LogP contribution in [0, 0.1) is 11.3 Å². The zero-order chi connectivity index (χ0) is 15.1. The first-order valence-electron chi connectivity index (χ1n) is 5.36. The van der Waals surface area contributed by atoms with E-state index in [1.165, 1.54) is 6.08 Å². The SMILES string of the molecule is CC1(C)CC1C=CC(=O)OC(C(F)(F)F)C(F)(F)F. The molecule has 0 saturated heterocycles. The van der Waals surface area contributed by atoms with Gasteiger partial charge in [0.15, 0.2) is 0 Å². The molecule has 0 heterocycles. The Morgan fingerprint density at radius 3 is 1.95 bits per heavy atom. The van der Waals surface area contributed by atoms with Crippen LogP contribution in [0.25, 0.3) is 0 Å². The van der Waals surface area contributed by atoms with Crippen LogP contribution in [0.5, 0.6) is 0 Å². The van der Waals surface area contributed by atoms with Crippen molar-refractivity contribution in [2.45, 2.75) is 38.7 Å². The van der Waals surface area contributed by atoms with Crippen molar-refractivity contribution in [2.24, 2.45) is 11.3 Å². The molecule has 110 valence electrons. The maximum Gasteiger partial charge on any atom is 0.434 e. The maximum absolute atomic E-state index is 12.1. The van der Waals surface area contributed by atoms with Crippen molar-refractivity contribution >= 4 is 5.97 Å². The predicted octanol–water partition coefficient (Wildman–Crippen LogP) is 3.63. The predicted molar refractivity (Wildman–Crippen MR) is 53.0 cm³/mol. The van der Waals surface area contributed by atoms with E-state index < -0.39 is 24.4 Å². The van der Waals surface area contributed by atoms with Crippen molar-refractivity contribution in [1.82, 2.24) is 0 Å². The average molecular weight is 290 g/mol. The Labute approximate surface area is 105 Å². The summed E-state index contributed by atoms with van der Waals surface area (Å²) in [6, 6.07) is 0. The molecule has 8 heteroatoms. The van der Waals surface area contributed by atoms with Crippen molar-refractivity contribution in [3.8, 4) is 0 Å². The van der Waals surface area contributed by atoms with Crippen molar-refractivity contribution in [2.75, 3.05) is 0 Å². The van der Waals surface area contributed by atoms with E-state index in [4.69, 9.17) is 0 Å². The van der Waals surface area contributed by atoms with E-state index in [2.05, 4.69) is 4.74 Å². The molecule has 1 fully saturated rings. The lowest BCUT2D eigenvalue weighted by atomic mass is 10.1. The van der Waals surface area contributed by atoms with Gasteiger partial charge in [-0.05, 0) is 17.8 Å². The summed E-state index contributed by atoms with van der Waals surface area (Å²) < 4.78 is 76.0. The molecule has 1 aliphatic carbocycles. The van der Waals surface area contributed by atoms with E-state index in [9.17, 15) is 31.1 Å².